The molecule has 0 aliphatic carbocycles. The Hall–Kier alpha value is -0.130. The van der Waals surface area contributed by atoms with E-state index in [0.29, 0.717) is 0 Å². The molecule has 2 rings (SSSR count). The number of thiophene rings is 1. The maximum atomic E-state index is 6.05. The van der Waals surface area contributed by atoms with E-state index < -0.39 is 0 Å². The lowest BCUT2D eigenvalue weighted by atomic mass is 10.1. The molecule has 2 heterocycles. The Morgan fingerprint density at radius 2 is 2.57 bits per heavy atom. The monoisotopic (exact) mass is 232 g/mol. The van der Waals surface area contributed by atoms with Crippen LogP contribution in [0.1, 0.15) is 23.8 Å². The Morgan fingerprint density at radius 1 is 1.71 bits per heavy atom. The molecule has 0 radical (unpaired) electrons. The number of hydrazine groups is 1. The van der Waals surface area contributed by atoms with Crippen molar-refractivity contribution in [1.29, 1.82) is 0 Å². The van der Waals surface area contributed by atoms with Crippen LogP contribution in [0.15, 0.2) is 11.4 Å². The maximum Gasteiger partial charge on any atom is 0.0829 e. The van der Waals surface area contributed by atoms with Gasteiger partial charge in [-0.3, -0.25) is 5.84 Å². The largest absolute Gasteiger partial charge is 0.376 e. The van der Waals surface area contributed by atoms with Gasteiger partial charge in [-0.2, -0.15) is 0 Å². The molecule has 1 aliphatic rings. The summed E-state index contributed by atoms with van der Waals surface area (Å²) in [6.45, 7) is 0.825. The summed E-state index contributed by atoms with van der Waals surface area (Å²) in [6.07, 6.45) is 2.31. The zero-order chi connectivity index (χ0) is 9.97. The molecule has 0 aromatic carbocycles. The third kappa shape index (κ3) is 1.94. The summed E-state index contributed by atoms with van der Waals surface area (Å²) in [5.41, 5.74) is 2.79. The summed E-state index contributed by atoms with van der Waals surface area (Å²) in [7, 11) is 0. The van der Waals surface area contributed by atoms with Crippen LogP contribution in [0, 0.1) is 0 Å². The van der Waals surface area contributed by atoms with Gasteiger partial charge in [-0.1, -0.05) is 11.6 Å². The minimum absolute atomic E-state index is 0.0324. The molecule has 78 valence electrons. The minimum atomic E-state index is 0.0324. The Bertz CT molecular complexity index is 299. The van der Waals surface area contributed by atoms with Crippen LogP contribution in [-0.4, -0.2) is 12.7 Å². The van der Waals surface area contributed by atoms with Gasteiger partial charge < -0.3 is 4.74 Å². The van der Waals surface area contributed by atoms with Gasteiger partial charge in [-0.25, -0.2) is 5.43 Å². The first-order valence-corrected chi connectivity index (χ1v) is 5.89. The number of hydrogen-bond donors (Lipinski definition) is 2. The molecule has 3 nitrogen and oxygen atoms in total. The van der Waals surface area contributed by atoms with Gasteiger partial charge in [0.15, 0.2) is 0 Å². The van der Waals surface area contributed by atoms with Crippen molar-refractivity contribution in [3.8, 4) is 0 Å². The molecular formula is C9H13ClN2OS. The van der Waals surface area contributed by atoms with Crippen LogP contribution in [0.5, 0.6) is 0 Å². The van der Waals surface area contributed by atoms with E-state index >= 15 is 0 Å². The third-order valence-electron chi connectivity index (χ3n) is 2.44. The van der Waals surface area contributed by atoms with Gasteiger partial charge in [0.25, 0.3) is 0 Å². The summed E-state index contributed by atoms with van der Waals surface area (Å²) in [4.78, 5) is 1.07. The molecule has 0 amide bonds. The summed E-state index contributed by atoms with van der Waals surface area (Å²) in [5.74, 6) is 5.53. The fraction of sp³-hybridized carbons (Fsp3) is 0.556. The van der Waals surface area contributed by atoms with Crippen molar-refractivity contribution in [2.45, 2.75) is 25.0 Å². The highest BCUT2D eigenvalue weighted by atomic mass is 35.5. The van der Waals surface area contributed by atoms with Gasteiger partial charge >= 0.3 is 0 Å². The van der Waals surface area contributed by atoms with E-state index in [-0.39, 0.29) is 12.1 Å². The van der Waals surface area contributed by atoms with E-state index in [1.54, 1.807) is 11.3 Å². The van der Waals surface area contributed by atoms with Crippen molar-refractivity contribution >= 4 is 22.9 Å². The Morgan fingerprint density at radius 3 is 3.07 bits per heavy atom. The Balaban J connectivity index is 2.16. The molecule has 0 spiro atoms. The second-order valence-electron chi connectivity index (χ2n) is 3.33. The molecule has 2 unspecified atom stereocenters. The lowest BCUT2D eigenvalue weighted by Gasteiger charge is -2.21. The Labute approximate surface area is 92.2 Å². The number of hydrogen-bond acceptors (Lipinski definition) is 4. The molecule has 1 aliphatic heterocycles. The van der Waals surface area contributed by atoms with Crippen LogP contribution in [0.25, 0.3) is 0 Å². The first kappa shape index (κ1) is 10.4. The van der Waals surface area contributed by atoms with E-state index in [9.17, 15) is 0 Å². The second-order valence-corrected chi connectivity index (χ2v) is 4.68. The fourth-order valence-electron chi connectivity index (χ4n) is 1.74. The molecule has 1 fully saturated rings. The van der Waals surface area contributed by atoms with Crippen molar-refractivity contribution in [3.05, 3.63) is 21.3 Å². The van der Waals surface area contributed by atoms with Crippen molar-refractivity contribution in [2.75, 3.05) is 6.61 Å². The lowest BCUT2D eigenvalue weighted by molar-refractivity contribution is 0.0794. The Kier molecular flexibility index (Phi) is 3.41. The number of rotatable bonds is 3. The van der Waals surface area contributed by atoms with Gasteiger partial charge in [0.05, 0.1) is 17.2 Å². The van der Waals surface area contributed by atoms with Crippen LogP contribution in [-0.2, 0) is 4.74 Å². The molecule has 14 heavy (non-hydrogen) atoms. The first-order valence-electron chi connectivity index (χ1n) is 4.63. The average molecular weight is 233 g/mol. The first-order chi connectivity index (χ1) is 6.83. The zero-order valence-corrected chi connectivity index (χ0v) is 9.27. The van der Waals surface area contributed by atoms with E-state index in [4.69, 9.17) is 22.2 Å². The standard InChI is InChI=1S/C9H13ClN2OS/c10-6-3-5-14-9(6)8(12-11)7-2-1-4-13-7/h3,5,7-8,12H,1-2,4,11H2. The molecule has 1 aromatic heterocycles. The van der Waals surface area contributed by atoms with Gasteiger partial charge in [0.1, 0.15) is 0 Å². The third-order valence-corrected chi connectivity index (χ3v) is 3.89. The maximum absolute atomic E-state index is 6.05. The van der Waals surface area contributed by atoms with Crippen molar-refractivity contribution in [2.24, 2.45) is 5.84 Å². The van der Waals surface area contributed by atoms with Gasteiger partial charge in [-0.15, -0.1) is 11.3 Å². The SMILES string of the molecule is NNC(c1sccc1Cl)C1CCCO1. The average Bonchev–Trinajstić information content (AvgIpc) is 2.80. The fourth-order valence-corrected chi connectivity index (χ4v) is 3.03. The van der Waals surface area contributed by atoms with E-state index in [1.807, 2.05) is 11.4 Å². The molecule has 0 saturated carbocycles. The summed E-state index contributed by atoms with van der Waals surface area (Å²) < 4.78 is 5.59. The van der Waals surface area contributed by atoms with Crippen molar-refractivity contribution in [3.63, 3.8) is 0 Å². The van der Waals surface area contributed by atoms with Gasteiger partial charge in [0, 0.05) is 11.5 Å². The van der Waals surface area contributed by atoms with Crippen LogP contribution in [0.2, 0.25) is 5.02 Å². The predicted molar refractivity (Wildman–Crippen MR) is 58.4 cm³/mol. The van der Waals surface area contributed by atoms with Gasteiger partial charge in [0.2, 0.25) is 0 Å². The van der Waals surface area contributed by atoms with E-state index in [0.717, 1.165) is 29.3 Å². The summed E-state index contributed by atoms with van der Waals surface area (Å²) >= 11 is 7.67. The number of nitrogens with one attached hydrogen (secondary N) is 1. The molecular weight excluding hydrogens is 220 g/mol. The molecule has 5 heteroatoms. The number of ether oxygens (including phenoxy) is 1. The quantitative estimate of drug-likeness (QED) is 0.620. The molecule has 0 bridgehead atoms. The summed E-state index contributed by atoms with van der Waals surface area (Å²) in [6, 6.07) is 1.92. The normalized spacial score (nSPS) is 24.0. The van der Waals surface area contributed by atoms with Crippen LogP contribution >= 0.6 is 22.9 Å². The number of nitrogens with two attached hydrogens (primary N) is 1. The number of halogens is 1. The van der Waals surface area contributed by atoms with E-state index in [2.05, 4.69) is 5.43 Å². The molecule has 1 saturated heterocycles. The predicted octanol–water partition coefficient (Wildman–Crippen LogP) is 2.08. The second kappa shape index (κ2) is 4.59. The smallest absolute Gasteiger partial charge is 0.0829 e. The molecule has 2 atom stereocenters. The highest BCUT2D eigenvalue weighted by Gasteiger charge is 2.28. The van der Waals surface area contributed by atoms with Crippen LogP contribution < -0.4 is 11.3 Å². The summed E-state index contributed by atoms with van der Waals surface area (Å²) in [5, 5.41) is 2.74. The van der Waals surface area contributed by atoms with Crippen LogP contribution in [0.4, 0.5) is 0 Å². The zero-order valence-electron chi connectivity index (χ0n) is 7.70. The molecule has 3 N–H and O–H groups in total. The van der Waals surface area contributed by atoms with Crippen molar-refractivity contribution in [1.82, 2.24) is 5.43 Å². The highest BCUT2D eigenvalue weighted by molar-refractivity contribution is 7.10. The highest BCUT2D eigenvalue weighted by Crippen LogP contribution is 2.34. The lowest BCUT2D eigenvalue weighted by Crippen LogP contribution is -2.35. The minimum Gasteiger partial charge on any atom is -0.376 e. The van der Waals surface area contributed by atoms with Crippen molar-refractivity contribution < 1.29 is 4.74 Å². The van der Waals surface area contributed by atoms with Gasteiger partial charge in [-0.05, 0) is 24.3 Å². The van der Waals surface area contributed by atoms with Crippen LogP contribution in [0.3, 0.4) is 0 Å². The topological polar surface area (TPSA) is 47.3 Å². The molecule has 1 aromatic rings. The van der Waals surface area contributed by atoms with E-state index in [1.165, 1.54) is 0 Å².